The Hall–Kier alpha value is -4.57. The number of nitrogens with zero attached hydrogens (tertiary/aromatic N) is 3. The lowest BCUT2D eigenvalue weighted by Gasteiger charge is -2.23. The van der Waals surface area contributed by atoms with E-state index in [0.717, 1.165) is 4.90 Å². The molecule has 1 aliphatic rings. The van der Waals surface area contributed by atoms with Crippen molar-refractivity contribution in [2.75, 3.05) is 11.9 Å². The molecule has 3 aromatic carbocycles. The van der Waals surface area contributed by atoms with Crippen molar-refractivity contribution in [1.29, 1.82) is 0 Å². The molecular weight excluding hydrogens is 513 g/mol. The molecule has 3 N–H and O–H groups in total. The number of likely N-dealkylation sites (tertiary alicyclic amines) is 1. The van der Waals surface area contributed by atoms with Gasteiger partial charge in [0, 0.05) is 28.0 Å². The zero-order valence-corrected chi connectivity index (χ0v) is 20.6. The van der Waals surface area contributed by atoms with Crippen LogP contribution in [0, 0.1) is 5.82 Å². The van der Waals surface area contributed by atoms with Gasteiger partial charge < -0.3 is 16.0 Å². The lowest BCUT2D eigenvalue weighted by atomic mass is 10.0. The Morgan fingerprint density at radius 3 is 2.50 bits per heavy atom. The van der Waals surface area contributed by atoms with E-state index in [1.807, 2.05) is 0 Å². The number of hydrogen-bond donors (Lipinski definition) is 2. The van der Waals surface area contributed by atoms with Crippen LogP contribution < -0.4 is 11.1 Å². The van der Waals surface area contributed by atoms with E-state index < -0.39 is 29.6 Å². The summed E-state index contributed by atoms with van der Waals surface area (Å²) in [4.78, 5) is 51.6. The van der Waals surface area contributed by atoms with Crippen molar-refractivity contribution >= 4 is 51.7 Å². The molecule has 3 amide bonds. The van der Waals surface area contributed by atoms with Gasteiger partial charge in [-0.1, -0.05) is 60.1 Å². The number of benzene rings is 3. The maximum Gasteiger partial charge on any atom is 0.269 e. The number of amides is 3. The zero-order chi connectivity index (χ0) is 27.0. The van der Waals surface area contributed by atoms with Crippen LogP contribution in [0.25, 0.3) is 22.0 Å². The van der Waals surface area contributed by atoms with Crippen molar-refractivity contribution in [3.8, 4) is 11.1 Å². The summed E-state index contributed by atoms with van der Waals surface area (Å²) in [5.74, 6) is -3.03. The van der Waals surface area contributed by atoms with Crippen molar-refractivity contribution in [3.05, 3.63) is 83.3 Å². The quantitative estimate of drug-likeness (QED) is 0.392. The van der Waals surface area contributed by atoms with E-state index in [9.17, 15) is 19.2 Å². The molecule has 0 radical (unpaired) electrons. The Morgan fingerprint density at radius 1 is 1.03 bits per heavy atom. The normalized spacial score (nSPS) is 15.2. The van der Waals surface area contributed by atoms with Crippen molar-refractivity contribution in [3.63, 3.8) is 0 Å². The standard InChI is InChI=1S/C27H21ClFN5O4/c28-19-9-3-1-6-16(19)17-8-5-10-20(24(17)29)31-27(38)22-12-15(35)13-33(22)23(36)14-34-21-11-4-2-7-18(21)25(32-34)26(30)37/h1-11,22H,12-14H2,(H2,30,37)(H,31,38)/t22-/m0/s1. The van der Waals surface area contributed by atoms with Crippen molar-refractivity contribution in [2.24, 2.45) is 5.73 Å². The molecule has 192 valence electrons. The number of carbonyl (C=O) groups is 4. The van der Waals surface area contributed by atoms with E-state index in [4.69, 9.17) is 17.3 Å². The van der Waals surface area contributed by atoms with Gasteiger partial charge >= 0.3 is 0 Å². The maximum absolute atomic E-state index is 15.4. The number of Topliss-reactive ketones (excluding diaryl/α,β-unsaturated/α-hetero) is 1. The molecule has 0 spiro atoms. The number of anilines is 1. The molecule has 0 unspecified atom stereocenters. The number of fused-ring (bicyclic) bond motifs is 1. The van der Waals surface area contributed by atoms with Crippen molar-refractivity contribution in [1.82, 2.24) is 14.7 Å². The van der Waals surface area contributed by atoms with E-state index in [0.29, 0.717) is 21.5 Å². The predicted octanol–water partition coefficient (Wildman–Crippen LogP) is 3.40. The summed E-state index contributed by atoms with van der Waals surface area (Å²) in [7, 11) is 0. The van der Waals surface area contributed by atoms with Crippen molar-refractivity contribution < 1.29 is 23.6 Å². The molecule has 38 heavy (non-hydrogen) atoms. The Labute approximate surface area is 221 Å². The summed E-state index contributed by atoms with van der Waals surface area (Å²) in [6.07, 6.45) is -0.213. The van der Waals surface area contributed by atoms with E-state index in [1.54, 1.807) is 54.6 Å². The molecule has 4 aromatic rings. The van der Waals surface area contributed by atoms with Crippen LogP contribution in [0.3, 0.4) is 0 Å². The van der Waals surface area contributed by atoms with Crippen molar-refractivity contribution in [2.45, 2.75) is 19.0 Å². The smallest absolute Gasteiger partial charge is 0.269 e. The summed E-state index contributed by atoms with van der Waals surface area (Å²) in [5, 5.41) is 7.50. The Bertz CT molecular complexity index is 1620. The molecule has 5 rings (SSSR count). The van der Waals surface area contributed by atoms with Crippen LogP contribution in [0.5, 0.6) is 0 Å². The zero-order valence-electron chi connectivity index (χ0n) is 19.9. The molecule has 1 aliphatic heterocycles. The number of primary amides is 1. The number of carbonyl (C=O) groups excluding carboxylic acids is 4. The number of nitrogens with two attached hydrogens (primary N) is 1. The van der Waals surface area contributed by atoms with Crippen LogP contribution in [-0.2, 0) is 20.9 Å². The minimum Gasteiger partial charge on any atom is -0.364 e. The Morgan fingerprint density at radius 2 is 1.74 bits per heavy atom. The minimum atomic E-state index is -1.14. The highest BCUT2D eigenvalue weighted by Gasteiger charge is 2.39. The van der Waals surface area contributed by atoms with Gasteiger partial charge in [0.05, 0.1) is 17.7 Å². The summed E-state index contributed by atoms with van der Waals surface area (Å²) in [6, 6.07) is 16.8. The van der Waals surface area contributed by atoms with E-state index >= 15 is 4.39 Å². The second-order valence-electron chi connectivity index (χ2n) is 8.80. The van der Waals surface area contributed by atoms with E-state index in [-0.39, 0.29) is 42.2 Å². The predicted molar refractivity (Wildman–Crippen MR) is 139 cm³/mol. The SMILES string of the molecule is NC(=O)c1nn(CC(=O)N2CC(=O)C[C@H]2C(=O)Nc2cccc(-c3ccccc3Cl)c2F)c2ccccc12. The van der Waals surface area contributed by atoms with Crippen LogP contribution in [0.4, 0.5) is 10.1 Å². The number of hydrogen-bond acceptors (Lipinski definition) is 5. The number of para-hydroxylation sites is 1. The summed E-state index contributed by atoms with van der Waals surface area (Å²) < 4.78 is 16.7. The summed E-state index contributed by atoms with van der Waals surface area (Å²) >= 11 is 6.22. The highest BCUT2D eigenvalue weighted by molar-refractivity contribution is 6.33. The average Bonchev–Trinajstić information content (AvgIpc) is 3.47. The number of rotatable bonds is 6. The number of ketones is 1. The first-order chi connectivity index (χ1) is 18.2. The fraction of sp³-hybridized carbons (Fsp3) is 0.148. The topological polar surface area (TPSA) is 127 Å². The van der Waals surface area contributed by atoms with Gasteiger partial charge in [-0.2, -0.15) is 5.10 Å². The molecular formula is C27H21ClFN5O4. The Kier molecular flexibility index (Phi) is 6.64. The van der Waals surface area contributed by atoms with Crippen LogP contribution in [0.1, 0.15) is 16.9 Å². The average molecular weight is 534 g/mol. The fourth-order valence-corrected chi connectivity index (χ4v) is 4.81. The molecule has 1 fully saturated rings. The van der Waals surface area contributed by atoms with E-state index in [1.165, 1.54) is 16.8 Å². The summed E-state index contributed by atoms with van der Waals surface area (Å²) in [5.41, 5.74) is 6.47. The van der Waals surface area contributed by atoms with Crippen LogP contribution >= 0.6 is 11.6 Å². The van der Waals surface area contributed by atoms with Crippen LogP contribution in [0.15, 0.2) is 66.7 Å². The first-order valence-electron chi connectivity index (χ1n) is 11.7. The number of aromatic nitrogens is 2. The summed E-state index contributed by atoms with van der Waals surface area (Å²) in [6.45, 7) is -0.609. The highest BCUT2D eigenvalue weighted by atomic mass is 35.5. The molecule has 0 bridgehead atoms. The molecule has 1 saturated heterocycles. The largest absolute Gasteiger partial charge is 0.364 e. The van der Waals surface area contributed by atoms with Gasteiger partial charge in [-0.3, -0.25) is 23.9 Å². The third kappa shape index (κ3) is 4.61. The third-order valence-corrected chi connectivity index (χ3v) is 6.69. The molecule has 0 saturated carbocycles. The van der Waals surface area contributed by atoms with Gasteiger partial charge in [0.2, 0.25) is 11.8 Å². The molecule has 0 aliphatic carbocycles. The molecule has 11 heteroatoms. The third-order valence-electron chi connectivity index (χ3n) is 6.36. The van der Waals surface area contributed by atoms with Gasteiger partial charge in [-0.05, 0) is 18.2 Å². The van der Waals surface area contributed by atoms with Gasteiger partial charge in [-0.15, -0.1) is 0 Å². The lowest BCUT2D eigenvalue weighted by Crippen LogP contribution is -2.44. The molecule has 1 atom stereocenters. The molecule has 1 aromatic heterocycles. The lowest BCUT2D eigenvalue weighted by molar-refractivity contribution is -0.137. The number of halogens is 2. The van der Waals surface area contributed by atoms with Crippen LogP contribution in [-0.4, -0.2) is 50.8 Å². The number of nitrogens with one attached hydrogen (secondary N) is 1. The van der Waals surface area contributed by atoms with E-state index in [2.05, 4.69) is 10.4 Å². The monoisotopic (exact) mass is 533 g/mol. The van der Waals surface area contributed by atoms with Gasteiger partial charge in [0.1, 0.15) is 12.6 Å². The maximum atomic E-state index is 15.4. The fourth-order valence-electron chi connectivity index (χ4n) is 4.57. The first kappa shape index (κ1) is 25.1. The first-order valence-corrected chi connectivity index (χ1v) is 12.0. The van der Waals surface area contributed by atoms with Gasteiger partial charge in [0.25, 0.3) is 5.91 Å². The van der Waals surface area contributed by atoms with Gasteiger partial charge in [0.15, 0.2) is 17.3 Å². The Balaban J connectivity index is 1.38. The molecule has 9 nitrogen and oxygen atoms in total. The second kappa shape index (κ2) is 10.1. The second-order valence-corrected chi connectivity index (χ2v) is 9.21. The van der Waals surface area contributed by atoms with Gasteiger partial charge in [-0.25, -0.2) is 4.39 Å². The molecule has 2 heterocycles. The minimum absolute atomic E-state index is 0.00840. The highest BCUT2D eigenvalue weighted by Crippen LogP contribution is 2.33. The van der Waals surface area contributed by atoms with Crippen LogP contribution in [0.2, 0.25) is 5.02 Å².